The van der Waals surface area contributed by atoms with E-state index < -0.39 is 9.84 Å². The molecule has 0 radical (unpaired) electrons. The first-order valence-electron chi connectivity index (χ1n) is 10.4. The molecule has 6 nitrogen and oxygen atoms in total. The SMILES string of the molecule is COc1ccccc1N1CCC(C)N(CCCOc2ccc(S(C)(=O)=O)cc2)CC1. The predicted molar refractivity (Wildman–Crippen MR) is 121 cm³/mol. The molecular weight excluding hydrogens is 400 g/mol. The van der Waals surface area contributed by atoms with Crippen molar-refractivity contribution >= 4 is 15.5 Å². The topological polar surface area (TPSA) is 59.1 Å². The van der Waals surface area contributed by atoms with Gasteiger partial charge < -0.3 is 14.4 Å². The lowest BCUT2D eigenvalue weighted by Crippen LogP contribution is -2.36. The van der Waals surface area contributed by atoms with Crippen molar-refractivity contribution in [2.24, 2.45) is 0 Å². The summed E-state index contributed by atoms with van der Waals surface area (Å²) >= 11 is 0. The maximum atomic E-state index is 11.5. The normalized spacial score (nSPS) is 18.1. The number of para-hydroxylation sites is 2. The molecular formula is C23H32N2O4S. The Labute approximate surface area is 180 Å². The van der Waals surface area contributed by atoms with Gasteiger partial charge in [-0.2, -0.15) is 0 Å². The van der Waals surface area contributed by atoms with Crippen molar-refractivity contribution in [2.75, 3.05) is 51.1 Å². The molecule has 1 fully saturated rings. The first-order valence-corrected chi connectivity index (χ1v) is 12.3. The Morgan fingerprint density at radius 1 is 1.03 bits per heavy atom. The molecule has 1 heterocycles. The van der Waals surface area contributed by atoms with Crippen LogP contribution in [0.2, 0.25) is 0 Å². The predicted octanol–water partition coefficient (Wildman–Crippen LogP) is 3.47. The number of sulfone groups is 1. The van der Waals surface area contributed by atoms with Gasteiger partial charge in [0.05, 0.1) is 24.3 Å². The van der Waals surface area contributed by atoms with Gasteiger partial charge in [0.1, 0.15) is 11.5 Å². The zero-order valence-electron chi connectivity index (χ0n) is 18.1. The van der Waals surface area contributed by atoms with Crippen LogP contribution in [-0.4, -0.2) is 65.5 Å². The van der Waals surface area contributed by atoms with Crippen LogP contribution in [0.25, 0.3) is 0 Å². The molecule has 0 saturated carbocycles. The van der Waals surface area contributed by atoms with Crippen molar-refractivity contribution in [2.45, 2.75) is 30.7 Å². The fraction of sp³-hybridized carbons (Fsp3) is 0.478. The van der Waals surface area contributed by atoms with Gasteiger partial charge in [-0.05, 0) is 56.2 Å². The van der Waals surface area contributed by atoms with Gasteiger partial charge in [0, 0.05) is 38.5 Å². The molecule has 0 amide bonds. The average molecular weight is 433 g/mol. The highest BCUT2D eigenvalue weighted by Crippen LogP contribution is 2.29. The zero-order valence-corrected chi connectivity index (χ0v) is 18.9. The molecule has 1 atom stereocenters. The van der Waals surface area contributed by atoms with Crippen molar-refractivity contribution in [1.29, 1.82) is 0 Å². The van der Waals surface area contributed by atoms with Crippen LogP contribution in [0.5, 0.6) is 11.5 Å². The van der Waals surface area contributed by atoms with Gasteiger partial charge in [0.15, 0.2) is 9.84 Å². The van der Waals surface area contributed by atoms with Crippen LogP contribution in [0, 0.1) is 0 Å². The molecule has 2 aromatic rings. The van der Waals surface area contributed by atoms with E-state index in [-0.39, 0.29) is 0 Å². The second kappa shape index (κ2) is 10.2. The van der Waals surface area contributed by atoms with Crippen molar-refractivity contribution < 1.29 is 17.9 Å². The van der Waals surface area contributed by atoms with Crippen LogP contribution in [-0.2, 0) is 9.84 Å². The number of nitrogens with zero attached hydrogens (tertiary/aromatic N) is 2. The minimum Gasteiger partial charge on any atom is -0.495 e. The van der Waals surface area contributed by atoms with Crippen molar-refractivity contribution in [3.8, 4) is 11.5 Å². The van der Waals surface area contributed by atoms with Crippen LogP contribution in [0.4, 0.5) is 5.69 Å². The highest BCUT2D eigenvalue weighted by molar-refractivity contribution is 7.90. The Balaban J connectivity index is 1.48. The van der Waals surface area contributed by atoms with E-state index in [9.17, 15) is 8.42 Å². The van der Waals surface area contributed by atoms with E-state index in [1.807, 2.05) is 12.1 Å². The van der Waals surface area contributed by atoms with Gasteiger partial charge in [-0.15, -0.1) is 0 Å². The molecule has 30 heavy (non-hydrogen) atoms. The van der Waals surface area contributed by atoms with E-state index in [0.29, 0.717) is 23.3 Å². The fourth-order valence-corrected chi connectivity index (χ4v) is 4.44. The van der Waals surface area contributed by atoms with Crippen LogP contribution in [0.1, 0.15) is 19.8 Å². The highest BCUT2D eigenvalue weighted by atomic mass is 32.2. The van der Waals surface area contributed by atoms with E-state index in [1.165, 1.54) is 6.26 Å². The third-order valence-electron chi connectivity index (χ3n) is 5.63. The standard InChI is InChI=1S/C23H32N2O4S/c1-19-13-15-25(22-7-4-5-8-23(22)28-2)17-16-24(19)14-6-18-29-20-9-11-21(12-10-20)30(3,26)27/h4-5,7-12,19H,6,13-18H2,1-3H3. The Bertz CT molecular complexity index is 915. The van der Waals surface area contributed by atoms with Gasteiger partial charge in [-0.1, -0.05) is 12.1 Å². The smallest absolute Gasteiger partial charge is 0.175 e. The number of hydrogen-bond acceptors (Lipinski definition) is 6. The Hall–Kier alpha value is -2.25. The Morgan fingerprint density at radius 2 is 1.77 bits per heavy atom. The van der Waals surface area contributed by atoms with E-state index >= 15 is 0 Å². The van der Waals surface area contributed by atoms with Gasteiger partial charge in [0.25, 0.3) is 0 Å². The second-order valence-electron chi connectivity index (χ2n) is 7.78. The van der Waals surface area contributed by atoms with Crippen LogP contribution in [0.15, 0.2) is 53.4 Å². The van der Waals surface area contributed by atoms with Gasteiger partial charge in [0.2, 0.25) is 0 Å². The molecule has 0 bridgehead atoms. The molecule has 1 aliphatic rings. The van der Waals surface area contributed by atoms with E-state index in [1.54, 1.807) is 31.4 Å². The number of rotatable bonds is 8. The number of anilines is 1. The van der Waals surface area contributed by atoms with Crippen molar-refractivity contribution in [3.63, 3.8) is 0 Å². The summed E-state index contributed by atoms with van der Waals surface area (Å²) < 4.78 is 34.4. The largest absolute Gasteiger partial charge is 0.495 e. The van der Waals surface area contributed by atoms with Crippen molar-refractivity contribution in [3.05, 3.63) is 48.5 Å². The quantitative estimate of drug-likeness (QED) is 0.596. The first-order chi connectivity index (χ1) is 14.4. The van der Waals surface area contributed by atoms with E-state index in [2.05, 4.69) is 28.9 Å². The van der Waals surface area contributed by atoms with Crippen LogP contribution in [0.3, 0.4) is 0 Å². The van der Waals surface area contributed by atoms with Crippen LogP contribution >= 0.6 is 0 Å². The second-order valence-corrected chi connectivity index (χ2v) is 9.79. The first kappa shape index (κ1) is 22.4. The number of methoxy groups -OCH3 is 1. The number of benzene rings is 2. The monoisotopic (exact) mass is 432 g/mol. The molecule has 7 heteroatoms. The molecule has 1 unspecified atom stereocenters. The van der Waals surface area contributed by atoms with Crippen molar-refractivity contribution in [1.82, 2.24) is 4.90 Å². The molecule has 0 aliphatic carbocycles. The van der Waals surface area contributed by atoms with Gasteiger partial charge in [-0.3, -0.25) is 4.90 Å². The number of hydrogen-bond donors (Lipinski definition) is 0. The maximum Gasteiger partial charge on any atom is 0.175 e. The third kappa shape index (κ3) is 5.89. The molecule has 0 spiro atoms. The summed E-state index contributed by atoms with van der Waals surface area (Å²) in [5.41, 5.74) is 1.16. The maximum absolute atomic E-state index is 11.5. The average Bonchev–Trinajstić information content (AvgIpc) is 2.92. The molecule has 1 aliphatic heterocycles. The summed E-state index contributed by atoms with van der Waals surface area (Å²) in [5.74, 6) is 1.63. The van der Waals surface area contributed by atoms with Gasteiger partial charge >= 0.3 is 0 Å². The summed E-state index contributed by atoms with van der Waals surface area (Å²) in [4.78, 5) is 5.24. The molecule has 3 rings (SSSR count). The lowest BCUT2D eigenvalue weighted by molar-refractivity contribution is 0.197. The van der Waals surface area contributed by atoms with Gasteiger partial charge in [-0.25, -0.2) is 8.42 Å². The Kier molecular flexibility index (Phi) is 7.61. The molecule has 0 N–H and O–H groups in total. The molecule has 0 aromatic heterocycles. The zero-order chi connectivity index (χ0) is 21.6. The molecule has 1 saturated heterocycles. The molecule has 164 valence electrons. The summed E-state index contributed by atoms with van der Waals surface area (Å²) in [6.07, 6.45) is 3.24. The lowest BCUT2D eigenvalue weighted by Gasteiger charge is -2.26. The summed E-state index contributed by atoms with van der Waals surface area (Å²) in [7, 11) is -1.45. The van der Waals surface area contributed by atoms with E-state index in [0.717, 1.165) is 50.5 Å². The van der Waals surface area contributed by atoms with E-state index in [4.69, 9.17) is 9.47 Å². The van der Waals surface area contributed by atoms with Crippen LogP contribution < -0.4 is 14.4 Å². The third-order valence-corrected chi connectivity index (χ3v) is 6.76. The Morgan fingerprint density at radius 3 is 2.47 bits per heavy atom. The minimum atomic E-state index is -3.17. The summed E-state index contributed by atoms with van der Waals surface area (Å²) in [6, 6.07) is 15.3. The number of ether oxygens (including phenoxy) is 2. The fourth-order valence-electron chi connectivity index (χ4n) is 3.81. The summed E-state index contributed by atoms with van der Waals surface area (Å²) in [6.45, 7) is 6.86. The lowest BCUT2D eigenvalue weighted by atomic mass is 10.2. The highest BCUT2D eigenvalue weighted by Gasteiger charge is 2.22. The molecule has 2 aromatic carbocycles. The minimum absolute atomic E-state index is 0.313. The summed E-state index contributed by atoms with van der Waals surface area (Å²) in [5, 5.41) is 0.